The van der Waals surface area contributed by atoms with E-state index in [4.69, 9.17) is 18.9 Å². The first-order valence-electron chi connectivity index (χ1n) is 26.0. The zero-order chi connectivity index (χ0) is 44.9. The monoisotopic (exact) mass is 873 g/mol. The zero-order valence-corrected chi connectivity index (χ0v) is 40.4. The van der Waals surface area contributed by atoms with E-state index in [0.29, 0.717) is 19.8 Å². The maximum atomic E-state index is 7.25. The highest BCUT2D eigenvalue weighted by Gasteiger charge is 2.43. The van der Waals surface area contributed by atoms with Crippen LogP contribution in [0.25, 0.3) is 0 Å². The fourth-order valence-corrected chi connectivity index (χ4v) is 8.76. The average Bonchev–Trinajstić information content (AvgIpc) is 3.72. The Balaban J connectivity index is 1.24. The van der Waals surface area contributed by atoms with Crippen molar-refractivity contribution in [2.75, 3.05) is 26.4 Å². The van der Waals surface area contributed by atoms with E-state index in [1.54, 1.807) is 0 Å². The van der Waals surface area contributed by atoms with Gasteiger partial charge in [-0.2, -0.15) is 0 Å². The third-order valence-corrected chi connectivity index (χ3v) is 12.5. The molecule has 0 spiro atoms. The summed E-state index contributed by atoms with van der Waals surface area (Å²) in [6.07, 6.45) is 47.9. The summed E-state index contributed by atoms with van der Waals surface area (Å²) in [5, 5.41) is 0. The summed E-state index contributed by atoms with van der Waals surface area (Å²) in [6, 6.07) is 31.8. The van der Waals surface area contributed by atoms with Gasteiger partial charge >= 0.3 is 0 Å². The number of hydrogen-bond acceptors (Lipinski definition) is 4. The molecule has 352 valence electrons. The third kappa shape index (κ3) is 21.2. The van der Waals surface area contributed by atoms with Gasteiger partial charge in [0.15, 0.2) is 0 Å². The molecule has 0 aromatic heterocycles. The summed E-state index contributed by atoms with van der Waals surface area (Å²) in [7, 11) is 0. The summed E-state index contributed by atoms with van der Waals surface area (Å²) >= 11 is 0. The number of allylic oxidation sites excluding steroid dienone is 8. The van der Waals surface area contributed by atoms with Crippen molar-refractivity contribution in [1.29, 1.82) is 0 Å². The maximum Gasteiger partial charge on any atom is 0.143 e. The Bertz CT molecular complexity index is 1530. The number of hydrogen-bond donors (Lipinski definition) is 0. The molecule has 4 nitrogen and oxygen atoms in total. The summed E-state index contributed by atoms with van der Waals surface area (Å²) in [6.45, 7) is 6.90. The second kappa shape index (κ2) is 35.7. The van der Waals surface area contributed by atoms with Crippen LogP contribution in [0.5, 0.6) is 0 Å². The highest BCUT2D eigenvalue weighted by atomic mass is 16.6. The van der Waals surface area contributed by atoms with E-state index < -0.39 is 5.60 Å². The fourth-order valence-electron chi connectivity index (χ4n) is 8.76. The summed E-state index contributed by atoms with van der Waals surface area (Å²) in [4.78, 5) is 0. The second-order valence-corrected chi connectivity index (χ2v) is 17.9. The predicted molar refractivity (Wildman–Crippen MR) is 273 cm³/mol. The van der Waals surface area contributed by atoms with Crippen molar-refractivity contribution in [1.82, 2.24) is 0 Å². The molecule has 1 fully saturated rings. The molecule has 1 saturated heterocycles. The van der Waals surface area contributed by atoms with Gasteiger partial charge in [0.2, 0.25) is 0 Å². The number of benzene rings is 3. The second-order valence-electron chi connectivity index (χ2n) is 17.9. The van der Waals surface area contributed by atoms with Gasteiger partial charge in [0.05, 0.1) is 13.2 Å². The van der Waals surface area contributed by atoms with Crippen LogP contribution >= 0.6 is 0 Å². The van der Waals surface area contributed by atoms with Crippen LogP contribution in [0, 0.1) is 0 Å². The highest BCUT2D eigenvalue weighted by Crippen LogP contribution is 2.41. The largest absolute Gasteiger partial charge is 0.373 e. The molecular formula is C60H88O4. The molecule has 4 rings (SSSR count). The maximum absolute atomic E-state index is 7.25. The summed E-state index contributed by atoms with van der Waals surface area (Å²) in [5.74, 6) is 0. The Kier molecular flexibility index (Phi) is 29.6. The van der Waals surface area contributed by atoms with Crippen LogP contribution in [0.15, 0.2) is 140 Å². The molecule has 0 bridgehead atoms. The number of ether oxygens (including phenoxy) is 4. The lowest BCUT2D eigenvalue weighted by Gasteiger charge is -2.37. The van der Waals surface area contributed by atoms with Crippen molar-refractivity contribution in [3.8, 4) is 0 Å². The first kappa shape index (κ1) is 53.1. The Morgan fingerprint density at radius 2 is 0.828 bits per heavy atom. The number of unbranched alkanes of at least 4 members (excludes halogenated alkanes) is 18. The minimum atomic E-state index is -0.807. The SMILES string of the molecule is CCCCC/C=C\C/C=C\CCCCCCCCOC1CO[C@H](COC(c2ccccc2)(c2ccccc2)c2ccccc2)[C@@H]1OCCCCCCCC/C=C\C/C=C\CCCCC. The molecule has 0 saturated carbocycles. The lowest BCUT2D eigenvalue weighted by atomic mass is 9.80. The van der Waals surface area contributed by atoms with Gasteiger partial charge in [-0.1, -0.05) is 231 Å². The minimum absolute atomic E-state index is 0.101. The minimum Gasteiger partial charge on any atom is -0.373 e. The first-order chi connectivity index (χ1) is 31.8. The molecular weight excluding hydrogens is 785 g/mol. The van der Waals surface area contributed by atoms with Crippen molar-refractivity contribution < 1.29 is 18.9 Å². The molecule has 1 aliphatic heterocycles. The van der Waals surface area contributed by atoms with E-state index in [1.165, 1.54) is 128 Å². The van der Waals surface area contributed by atoms with Gasteiger partial charge in [-0.05, 0) is 93.7 Å². The van der Waals surface area contributed by atoms with E-state index in [0.717, 1.165) is 49.0 Å². The third-order valence-electron chi connectivity index (χ3n) is 12.5. The van der Waals surface area contributed by atoms with Gasteiger partial charge in [0.1, 0.15) is 23.9 Å². The van der Waals surface area contributed by atoms with Gasteiger partial charge in [-0.3, -0.25) is 0 Å². The normalized spacial score (nSPS) is 17.0. The topological polar surface area (TPSA) is 36.9 Å². The van der Waals surface area contributed by atoms with Crippen LogP contribution in [-0.4, -0.2) is 44.7 Å². The number of rotatable bonds is 38. The van der Waals surface area contributed by atoms with Crippen molar-refractivity contribution >= 4 is 0 Å². The quantitative estimate of drug-likeness (QED) is 0.0327. The smallest absolute Gasteiger partial charge is 0.143 e. The molecule has 64 heavy (non-hydrogen) atoms. The van der Waals surface area contributed by atoms with Crippen LogP contribution in [0.3, 0.4) is 0 Å². The van der Waals surface area contributed by atoms with Crippen LogP contribution in [0.4, 0.5) is 0 Å². The van der Waals surface area contributed by atoms with Gasteiger partial charge in [-0.15, -0.1) is 0 Å². The first-order valence-corrected chi connectivity index (χ1v) is 26.0. The Morgan fingerprint density at radius 3 is 1.25 bits per heavy atom. The standard InChI is InChI=1S/C60H88O4/c1-3-5-7-9-11-13-15-17-19-21-23-25-27-29-31-42-50-61-57-52-63-58(59(57)62-51-43-32-30-28-26-24-22-20-18-16-14-12-10-8-6-4-2)53-64-60(54-44-36-33-37-45-54,55-46-38-34-39-47-55)56-48-40-35-41-49-56/h11-14,17-20,33-41,44-49,57-59H,3-10,15-16,21-32,42-43,50-53H2,1-2H3/b13-11-,14-12-,19-17-,20-18-/t57?,58-,59-/m1/s1. The lowest BCUT2D eigenvalue weighted by molar-refractivity contribution is -0.0988. The Morgan fingerprint density at radius 1 is 0.453 bits per heavy atom. The molecule has 3 atom stereocenters. The van der Waals surface area contributed by atoms with Crippen LogP contribution in [0.1, 0.15) is 185 Å². The molecule has 4 heteroatoms. The van der Waals surface area contributed by atoms with Gasteiger partial charge in [0, 0.05) is 13.2 Å². The van der Waals surface area contributed by atoms with Crippen LogP contribution in [-0.2, 0) is 24.5 Å². The van der Waals surface area contributed by atoms with E-state index in [9.17, 15) is 0 Å². The highest BCUT2D eigenvalue weighted by molar-refractivity contribution is 5.47. The van der Waals surface area contributed by atoms with Crippen LogP contribution < -0.4 is 0 Å². The molecule has 3 aromatic rings. The van der Waals surface area contributed by atoms with Crippen molar-refractivity contribution in [3.63, 3.8) is 0 Å². The van der Waals surface area contributed by atoms with Crippen molar-refractivity contribution in [3.05, 3.63) is 156 Å². The zero-order valence-electron chi connectivity index (χ0n) is 40.4. The molecule has 0 N–H and O–H groups in total. The van der Waals surface area contributed by atoms with E-state index in [-0.39, 0.29) is 18.3 Å². The molecule has 0 aliphatic carbocycles. The molecule has 0 amide bonds. The van der Waals surface area contributed by atoms with Gasteiger partial charge in [0.25, 0.3) is 0 Å². The molecule has 0 radical (unpaired) electrons. The molecule has 1 aliphatic rings. The Labute approximate surface area is 392 Å². The van der Waals surface area contributed by atoms with Gasteiger partial charge < -0.3 is 18.9 Å². The summed E-state index contributed by atoms with van der Waals surface area (Å²) < 4.78 is 27.2. The fraction of sp³-hybridized carbons (Fsp3) is 0.567. The molecule has 1 unspecified atom stereocenters. The lowest BCUT2D eigenvalue weighted by Crippen LogP contribution is -2.41. The van der Waals surface area contributed by atoms with E-state index in [2.05, 4.69) is 153 Å². The van der Waals surface area contributed by atoms with E-state index in [1.807, 2.05) is 0 Å². The van der Waals surface area contributed by atoms with Crippen molar-refractivity contribution in [2.45, 2.75) is 192 Å². The predicted octanol–water partition coefficient (Wildman–Crippen LogP) is 16.8. The summed E-state index contributed by atoms with van der Waals surface area (Å²) in [5.41, 5.74) is 2.47. The Hall–Kier alpha value is -3.54. The average molecular weight is 873 g/mol. The molecule has 1 heterocycles. The van der Waals surface area contributed by atoms with E-state index >= 15 is 0 Å². The van der Waals surface area contributed by atoms with Crippen molar-refractivity contribution in [2.24, 2.45) is 0 Å². The van der Waals surface area contributed by atoms with Gasteiger partial charge in [-0.25, -0.2) is 0 Å². The molecule has 3 aromatic carbocycles. The van der Waals surface area contributed by atoms with Crippen LogP contribution in [0.2, 0.25) is 0 Å².